The van der Waals surface area contributed by atoms with Crippen LogP contribution in [0.25, 0.3) is 0 Å². The quantitative estimate of drug-likeness (QED) is 0.720. The van der Waals surface area contributed by atoms with Crippen LogP contribution in [0, 0.1) is 5.92 Å². The number of carbonyl (C=O) groups excluding carboxylic acids is 2. The molecule has 0 bridgehead atoms. The smallest absolute Gasteiger partial charge is 0.279 e. The van der Waals surface area contributed by atoms with Crippen molar-refractivity contribution in [2.75, 3.05) is 4.90 Å². The number of halogens is 2. The van der Waals surface area contributed by atoms with Gasteiger partial charge in [0.25, 0.3) is 5.91 Å². The first kappa shape index (κ1) is 15.4. The van der Waals surface area contributed by atoms with Gasteiger partial charge in [-0.1, -0.05) is 57.0 Å². The second kappa shape index (κ2) is 5.72. The first-order valence-electron chi connectivity index (χ1n) is 7.20. The highest BCUT2D eigenvalue weighted by Gasteiger charge is 2.56. The van der Waals surface area contributed by atoms with E-state index in [2.05, 4.69) is 21.1 Å². The van der Waals surface area contributed by atoms with Crippen molar-refractivity contribution in [3.05, 3.63) is 63.6 Å². The Labute approximate surface area is 151 Å². The maximum Gasteiger partial charge on any atom is 0.279 e. The molecule has 2 unspecified atom stereocenters. The van der Waals surface area contributed by atoms with Gasteiger partial charge < -0.3 is 4.84 Å². The Morgan fingerprint density at radius 3 is 2.46 bits per heavy atom. The van der Waals surface area contributed by atoms with Gasteiger partial charge in [-0.2, -0.15) is 0 Å². The fourth-order valence-corrected chi connectivity index (χ4v) is 3.39. The first-order valence-corrected chi connectivity index (χ1v) is 8.37. The SMILES string of the molecule is O=C1C2ON=C(c3ccc(Br)cc3)C2C(=O)N1c1ccccc1Cl. The topological polar surface area (TPSA) is 59.0 Å². The van der Waals surface area contributed by atoms with Crippen molar-refractivity contribution < 1.29 is 14.4 Å². The maximum absolute atomic E-state index is 12.9. The third kappa shape index (κ3) is 2.25. The van der Waals surface area contributed by atoms with Crippen LogP contribution in [0.3, 0.4) is 0 Å². The molecule has 24 heavy (non-hydrogen) atoms. The van der Waals surface area contributed by atoms with Gasteiger partial charge in [0.05, 0.1) is 10.7 Å². The van der Waals surface area contributed by atoms with E-state index in [1.54, 1.807) is 24.3 Å². The number of hydrogen-bond donors (Lipinski definition) is 0. The molecule has 0 N–H and O–H groups in total. The lowest BCUT2D eigenvalue weighted by Crippen LogP contribution is -2.33. The zero-order valence-electron chi connectivity index (χ0n) is 12.1. The zero-order chi connectivity index (χ0) is 16.8. The van der Waals surface area contributed by atoms with E-state index in [1.807, 2.05) is 24.3 Å². The number of imide groups is 1. The summed E-state index contributed by atoms with van der Waals surface area (Å²) in [6.07, 6.45) is -0.938. The number of anilines is 1. The molecule has 2 atom stereocenters. The average molecular weight is 406 g/mol. The van der Waals surface area contributed by atoms with Gasteiger partial charge in [0.15, 0.2) is 0 Å². The van der Waals surface area contributed by atoms with Crippen LogP contribution < -0.4 is 4.90 Å². The van der Waals surface area contributed by atoms with Crippen molar-refractivity contribution in [1.82, 2.24) is 0 Å². The van der Waals surface area contributed by atoms with Crippen molar-refractivity contribution >= 4 is 50.7 Å². The van der Waals surface area contributed by atoms with E-state index in [-0.39, 0.29) is 5.91 Å². The van der Waals surface area contributed by atoms with Crippen LogP contribution in [-0.4, -0.2) is 23.6 Å². The van der Waals surface area contributed by atoms with Crippen molar-refractivity contribution in [2.45, 2.75) is 6.10 Å². The lowest BCUT2D eigenvalue weighted by molar-refractivity contribution is -0.126. The molecule has 0 aliphatic carbocycles. The minimum atomic E-state index is -0.938. The maximum atomic E-state index is 12.9. The molecule has 5 nitrogen and oxygen atoms in total. The summed E-state index contributed by atoms with van der Waals surface area (Å²) in [7, 11) is 0. The zero-order valence-corrected chi connectivity index (χ0v) is 14.5. The second-order valence-corrected chi connectivity index (χ2v) is 6.77. The number of rotatable bonds is 2. The number of para-hydroxylation sites is 1. The number of carbonyl (C=O) groups is 2. The Balaban J connectivity index is 1.73. The summed E-state index contributed by atoms with van der Waals surface area (Å²) in [6.45, 7) is 0. The fourth-order valence-electron chi connectivity index (χ4n) is 2.91. The van der Waals surface area contributed by atoms with Gasteiger partial charge in [0, 0.05) is 10.0 Å². The minimum absolute atomic E-state index is 0.335. The number of oxime groups is 1. The van der Waals surface area contributed by atoms with E-state index in [0.717, 1.165) is 14.9 Å². The summed E-state index contributed by atoms with van der Waals surface area (Å²) >= 11 is 9.50. The number of hydrogen-bond acceptors (Lipinski definition) is 4. The lowest BCUT2D eigenvalue weighted by Gasteiger charge is -2.16. The minimum Gasteiger partial charge on any atom is -0.381 e. The van der Waals surface area contributed by atoms with Crippen LogP contribution >= 0.6 is 27.5 Å². The molecular formula is C17H10BrClN2O3. The molecule has 2 aliphatic heterocycles. The average Bonchev–Trinajstić information content (AvgIpc) is 3.11. The molecule has 2 aromatic rings. The highest BCUT2D eigenvalue weighted by molar-refractivity contribution is 9.10. The van der Waals surface area contributed by atoms with E-state index in [1.165, 1.54) is 0 Å². The number of fused-ring (bicyclic) bond motifs is 1. The van der Waals surface area contributed by atoms with Crippen LogP contribution in [0.15, 0.2) is 58.2 Å². The van der Waals surface area contributed by atoms with Crippen molar-refractivity contribution in [3.8, 4) is 0 Å². The highest BCUT2D eigenvalue weighted by atomic mass is 79.9. The second-order valence-electron chi connectivity index (χ2n) is 5.45. The van der Waals surface area contributed by atoms with Crippen LogP contribution in [-0.2, 0) is 14.4 Å². The van der Waals surface area contributed by atoms with E-state index < -0.39 is 17.9 Å². The molecule has 0 spiro atoms. The monoisotopic (exact) mass is 404 g/mol. The third-order valence-corrected chi connectivity index (χ3v) is 4.89. The predicted octanol–water partition coefficient (Wildman–Crippen LogP) is 3.40. The number of nitrogens with zero attached hydrogens (tertiary/aromatic N) is 2. The summed E-state index contributed by atoms with van der Waals surface area (Å²) < 4.78 is 0.911. The van der Waals surface area contributed by atoms with Crippen molar-refractivity contribution in [1.29, 1.82) is 0 Å². The molecule has 4 rings (SSSR count). The van der Waals surface area contributed by atoms with Gasteiger partial charge in [0.1, 0.15) is 11.6 Å². The van der Waals surface area contributed by atoms with Gasteiger partial charge in [0.2, 0.25) is 12.0 Å². The Bertz CT molecular complexity index is 882. The van der Waals surface area contributed by atoms with Crippen LogP contribution in [0.5, 0.6) is 0 Å². The lowest BCUT2D eigenvalue weighted by atomic mass is 9.94. The van der Waals surface area contributed by atoms with E-state index in [4.69, 9.17) is 16.4 Å². The Hall–Kier alpha value is -2.18. The van der Waals surface area contributed by atoms with E-state index >= 15 is 0 Å². The Morgan fingerprint density at radius 1 is 1.04 bits per heavy atom. The molecule has 2 aliphatic rings. The van der Waals surface area contributed by atoms with Crippen LogP contribution in [0.4, 0.5) is 5.69 Å². The highest BCUT2D eigenvalue weighted by Crippen LogP contribution is 2.37. The summed E-state index contributed by atoms with van der Waals surface area (Å²) in [6, 6.07) is 14.1. The largest absolute Gasteiger partial charge is 0.381 e. The Morgan fingerprint density at radius 2 is 1.75 bits per heavy atom. The molecule has 1 fully saturated rings. The summed E-state index contributed by atoms with van der Waals surface area (Å²) in [5.41, 5.74) is 1.57. The normalized spacial score (nSPS) is 22.4. The van der Waals surface area contributed by atoms with E-state index in [9.17, 15) is 9.59 Å². The van der Waals surface area contributed by atoms with Gasteiger partial charge in [-0.15, -0.1) is 0 Å². The van der Waals surface area contributed by atoms with Crippen LogP contribution in [0.2, 0.25) is 5.02 Å². The molecule has 2 amide bonds. The van der Waals surface area contributed by atoms with Gasteiger partial charge in [-0.25, -0.2) is 4.90 Å². The van der Waals surface area contributed by atoms with Gasteiger partial charge >= 0.3 is 0 Å². The van der Waals surface area contributed by atoms with Crippen molar-refractivity contribution in [2.24, 2.45) is 11.1 Å². The van der Waals surface area contributed by atoms with Crippen molar-refractivity contribution in [3.63, 3.8) is 0 Å². The molecule has 2 heterocycles. The predicted molar refractivity (Wildman–Crippen MR) is 93.0 cm³/mol. The molecular weight excluding hydrogens is 396 g/mol. The summed E-state index contributed by atoms with van der Waals surface area (Å²) in [5, 5.41) is 4.31. The molecule has 2 aromatic carbocycles. The Kier molecular flexibility index (Phi) is 3.66. The van der Waals surface area contributed by atoms with Gasteiger partial charge in [-0.3, -0.25) is 9.59 Å². The number of amides is 2. The van der Waals surface area contributed by atoms with E-state index in [0.29, 0.717) is 16.4 Å². The molecule has 7 heteroatoms. The first-order chi connectivity index (χ1) is 11.6. The molecule has 0 saturated carbocycles. The third-order valence-electron chi connectivity index (χ3n) is 4.05. The summed E-state index contributed by atoms with van der Waals surface area (Å²) in [5.74, 6) is -1.58. The molecule has 0 radical (unpaired) electrons. The molecule has 1 saturated heterocycles. The summed E-state index contributed by atoms with van der Waals surface area (Å²) in [4.78, 5) is 31.9. The fraction of sp³-hybridized carbons (Fsp3) is 0.118. The van der Waals surface area contributed by atoms with Gasteiger partial charge in [-0.05, 0) is 24.3 Å². The molecule has 120 valence electrons. The van der Waals surface area contributed by atoms with Crippen LogP contribution in [0.1, 0.15) is 5.56 Å². The number of benzene rings is 2. The molecule has 0 aromatic heterocycles. The standard InChI is InChI=1S/C17H10BrClN2O3/c18-10-7-5-9(6-8-10)14-13-15(24-20-14)17(23)21(16(13)22)12-4-2-1-3-11(12)19/h1-8,13,15H.